The van der Waals surface area contributed by atoms with Gasteiger partial charge in [0, 0.05) is 28.9 Å². The van der Waals surface area contributed by atoms with Gasteiger partial charge in [0.05, 0.1) is 11.3 Å². The predicted octanol–water partition coefficient (Wildman–Crippen LogP) is 5.16. The second-order valence-electron chi connectivity index (χ2n) is 6.54. The molecule has 1 heterocycles. The van der Waals surface area contributed by atoms with Crippen molar-refractivity contribution >= 4 is 17.9 Å². The molecule has 3 rings (SSSR count). The number of hydrogen-bond acceptors (Lipinski definition) is 2. The molecule has 2 aromatic carbocycles. The highest BCUT2D eigenvalue weighted by atomic mass is 16.4. The van der Waals surface area contributed by atoms with Gasteiger partial charge in [0.15, 0.2) is 0 Å². The molecule has 4 heteroatoms. The second kappa shape index (κ2) is 7.00. The zero-order chi connectivity index (χ0) is 18.8. The topological polar surface area (TPSA) is 54.6 Å². The van der Waals surface area contributed by atoms with Crippen molar-refractivity contribution in [2.45, 2.75) is 27.7 Å². The van der Waals surface area contributed by atoms with E-state index in [2.05, 4.69) is 41.6 Å². The Morgan fingerprint density at radius 3 is 2.27 bits per heavy atom. The van der Waals surface area contributed by atoms with E-state index in [4.69, 9.17) is 5.11 Å². The van der Waals surface area contributed by atoms with Crippen LogP contribution in [0.4, 0.5) is 5.69 Å². The van der Waals surface area contributed by atoms with Crippen molar-refractivity contribution in [2.75, 3.05) is 0 Å². The van der Waals surface area contributed by atoms with Gasteiger partial charge >= 0.3 is 5.97 Å². The minimum atomic E-state index is -0.918. The van der Waals surface area contributed by atoms with E-state index in [0.29, 0.717) is 0 Å². The van der Waals surface area contributed by atoms with Crippen molar-refractivity contribution in [3.05, 3.63) is 82.2 Å². The molecule has 26 heavy (non-hydrogen) atoms. The molecule has 132 valence electrons. The number of rotatable bonds is 4. The van der Waals surface area contributed by atoms with Crippen LogP contribution < -0.4 is 0 Å². The van der Waals surface area contributed by atoms with E-state index in [1.165, 1.54) is 11.1 Å². The molecule has 1 N–H and O–H groups in total. The van der Waals surface area contributed by atoms with Crippen LogP contribution in [-0.4, -0.2) is 21.9 Å². The van der Waals surface area contributed by atoms with Crippen LogP contribution in [0.3, 0.4) is 0 Å². The summed E-state index contributed by atoms with van der Waals surface area (Å²) in [5.74, 6) is -0.918. The standard InChI is InChI=1S/C22H22N2O2/c1-14-5-8-20(11-15(14)2)23-13-19-12-16(3)24(17(19)4)21-9-6-18(7-10-21)22(25)26/h5-13H,1-4H3,(H,25,26). The third-order valence-electron chi connectivity index (χ3n) is 4.69. The maximum Gasteiger partial charge on any atom is 0.335 e. The van der Waals surface area contributed by atoms with Crippen LogP contribution in [0.2, 0.25) is 0 Å². The summed E-state index contributed by atoms with van der Waals surface area (Å²) in [5, 5.41) is 9.05. The van der Waals surface area contributed by atoms with Crippen LogP contribution in [-0.2, 0) is 0 Å². The number of carboxylic acids is 1. The fourth-order valence-corrected chi connectivity index (χ4v) is 3.02. The van der Waals surface area contributed by atoms with Crippen LogP contribution >= 0.6 is 0 Å². The highest BCUT2D eigenvalue weighted by Crippen LogP contribution is 2.22. The minimum Gasteiger partial charge on any atom is -0.478 e. The van der Waals surface area contributed by atoms with E-state index in [9.17, 15) is 4.79 Å². The fourth-order valence-electron chi connectivity index (χ4n) is 3.02. The number of aryl methyl sites for hydroxylation is 3. The fraction of sp³-hybridized carbons (Fsp3) is 0.182. The Balaban J connectivity index is 1.93. The summed E-state index contributed by atoms with van der Waals surface area (Å²) >= 11 is 0. The van der Waals surface area contributed by atoms with E-state index in [1.807, 2.05) is 38.3 Å². The number of aromatic nitrogens is 1. The Labute approximate surface area is 153 Å². The van der Waals surface area contributed by atoms with Gasteiger partial charge in [-0.1, -0.05) is 6.07 Å². The first-order valence-corrected chi connectivity index (χ1v) is 8.51. The summed E-state index contributed by atoms with van der Waals surface area (Å²) in [4.78, 5) is 15.6. The molecule has 0 saturated carbocycles. The average Bonchev–Trinajstić information content (AvgIpc) is 2.90. The quantitative estimate of drug-likeness (QED) is 0.663. The summed E-state index contributed by atoms with van der Waals surface area (Å²) in [7, 11) is 0. The van der Waals surface area contributed by atoms with Crippen molar-refractivity contribution in [1.29, 1.82) is 0 Å². The molecule has 0 unspecified atom stereocenters. The van der Waals surface area contributed by atoms with Gasteiger partial charge in [-0.05, 0) is 81.3 Å². The van der Waals surface area contributed by atoms with Crippen molar-refractivity contribution in [2.24, 2.45) is 4.99 Å². The zero-order valence-electron chi connectivity index (χ0n) is 15.4. The van der Waals surface area contributed by atoms with Crippen LogP contribution in [0.1, 0.15) is 38.4 Å². The van der Waals surface area contributed by atoms with Crippen LogP contribution in [0, 0.1) is 27.7 Å². The Hall–Kier alpha value is -3.14. The number of aliphatic imine (C=N–C) groups is 1. The van der Waals surface area contributed by atoms with Crippen molar-refractivity contribution in [1.82, 2.24) is 4.57 Å². The Morgan fingerprint density at radius 1 is 0.962 bits per heavy atom. The molecule has 0 fully saturated rings. The van der Waals surface area contributed by atoms with Gasteiger partial charge < -0.3 is 9.67 Å². The lowest BCUT2D eigenvalue weighted by molar-refractivity contribution is 0.0697. The Kier molecular flexibility index (Phi) is 4.76. The van der Waals surface area contributed by atoms with Gasteiger partial charge in [0.25, 0.3) is 0 Å². The molecule has 0 atom stereocenters. The van der Waals surface area contributed by atoms with Crippen LogP contribution in [0.25, 0.3) is 5.69 Å². The number of benzene rings is 2. The number of nitrogens with zero attached hydrogens (tertiary/aromatic N) is 2. The van der Waals surface area contributed by atoms with Gasteiger partial charge in [-0.2, -0.15) is 0 Å². The van der Waals surface area contributed by atoms with Crippen molar-refractivity contribution in [3.63, 3.8) is 0 Å². The molecule has 0 saturated heterocycles. The van der Waals surface area contributed by atoms with E-state index in [-0.39, 0.29) is 5.56 Å². The molecular weight excluding hydrogens is 324 g/mol. The van der Waals surface area contributed by atoms with Gasteiger partial charge in [0.1, 0.15) is 0 Å². The second-order valence-corrected chi connectivity index (χ2v) is 6.54. The molecule has 0 bridgehead atoms. The first-order valence-electron chi connectivity index (χ1n) is 8.51. The molecule has 0 aliphatic heterocycles. The molecular formula is C22H22N2O2. The van der Waals surface area contributed by atoms with Crippen molar-refractivity contribution in [3.8, 4) is 5.69 Å². The van der Waals surface area contributed by atoms with E-state index in [0.717, 1.165) is 28.3 Å². The first-order chi connectivity index (χ1) is 12.4. The van der Waals surface area contributed by atoms with E-state index >= 15 is 0 Å². The number of carboxylic acid groups (broad SMARTS) is 1. The van der Waals surface area contributed by atoms with Crippen LogP contribution in [0.5, 0.6) is 0 Å². The zero-order valence-corrected chi connectivity index (χ0v) is 15.4. The molecule has 0 aliphatic rings. The van der Waals surface area contributed by atoms with Gasteiger partial charge in [-0.15, -0.1) is 0 Å². The summed E-state index contributed by atoms with van der Waals surface area (Å²) < 4.78 is 2.10. The summed E-state index contributed by atoms with van der Waals surface area (Å²) in [6, 6.07) is 15.2. The maximum absolute atomic E-state index is 11.0. The SMILES string of the molecule is Cc1ccc(N=Cc2cc(C)n(-c3ccc(C(=O)O)cc3)c2C)cc1C. The average molecular weight is 346 g/mol. The third kappa shape index (κ3) is 3.45. The van der Waals surface area contributed by atoms with Crippen LogP contribution in [0.15, 0.2) is 53.5 Å². The number of hydrogen-bond donors (Lipinski definition) is 1. The molecule has 0 spiro atoms. The molecule has 0 aliphatic carbocycles. The molecule has 0 amide bonds. The first kappa shape index (κ1) is 17.7. The number of aromatic carboxylic acids is 1. The predicted molar refractivity (Wildman–Crippen MR) is 105 cm³/mol. The lowest BCUT2D eigenvalue weighted by atomic mass is 10.1. The largest absolute Gasteiger partial charge is 0.478 e. The minimum absolute atomic E-state index is 0.285. The van der Waals surface area contributed by atoms with Crippen molar-refractivity contribution < 1.29 is 9.90 Å². The smallest absolute Gasteiger partial charge is 0.335 e. The lowest BCUT2D eigenvalue weighted by Gasteiger charge is -2.09. The van der Waals surface area contributed by atoms with Gasteiger partial charge in [-0.3, -0.25) is 4.99 Å². The molecule has 1 aromatic heterocycles. The summed E-state index contributed by atoms with van der Waals surface area (Å²) in [5.41, 5.74) is 7.83. The normalized spacial score (nSPS) is 11.2. The monoisotopic (exact) mass is 346 g/mol. The summed E-state index contributed by atoms with van der Waals surface area (Å²) in [6.45, 7) is 8.25. The third-order valence-corrected chi connectivity index (χ3v) is 4.69. The lowest BCUT2D eigenvalue weighted by Crippen LogP contribution is -2.01. The summed E-state index contributed by atoms with van der Waals surface area (Å²) in [6.07, 6.45) is 1.88. The van der Waals surface area contributed by atoms with Gasteiger partial charge in [0.2, 0.25) is 0 Å². The molecule has 3 aromatic rings. The Bertz CT molecular complexity index is 996. The van der Waals surface area contributed by atoms with Gasteiger partial charge in [-0.25, -0.2) is 4.79 Å². The Morgan fingerprint density at radius 2 is 1.65 bits per heavy atom. The molecule has 4 nitrogen and oxygen atoms in total. The molecule has 0 radical (unpaired) electrons. The number of carbonyl (C=O) groups is 1. The maximum atomic E-state index is 11.0. The van der Waals surface area contributed by atoms with E-state index in [1.54, 1.807) is 12.1 Å². The highest BCUT2D eigenvalue weighted by molar-refractivity contribution is 5.88. The van der Waals surface area contributed by atoms with E-state index < -0.39 is 5.97 Å². The highest BCUT2D eigenvalue weighted by Gasteiger charge is 2.10.